The third-order valence-corrected chi connectivity index (χ3v) is 5.04. The highest BCUT2D eigenvalue weighted by Gasteiger charge is 2.20. The predicted octanol–water partition coefficient (Wildman–Crippen LogP) is 5.13. The minimum atomic E-state index is 0.657. The van der Waals surface area contributed by atoms with Gasteiger partial charge in [0.15, 0.2) is 0 Å². The van der Waals surface area contributed by atoms with Crippen LogP contribution < -0.4 is 5.32 Å². The molecule has 2 rings (SSSR count). The highest BCUT2D eigenvalue weighted by molar-refractivity contribution is 5.20. The van der Waals surface area contributed by atoms with Gasteiger partial charge in [0.05, 0.1) is 0 Å². The van der Waals surface area contributed by atoms with Crippen molar-refractivity contribution in [3.05, 3.63) is 35.9 Å². The van der Waals surface area contributed by atoms with E-state index < -0.39 is 0 Å². The van der Waals surface area contributed by atoms with Crippen molar-refractivity contribution in [1.82, 2.24) is 5.32 Å². The summed E-state index contributed by atoms with van der Waals surface area (Å²) >= 11 is 0. The van der Waals surface area contributed by atoms with E-state index >= 15 is 0 Å². The molecular formula is C19H31N. The molecular weight excluding hydrogens is 242 g/mol. The maximum Gasteiger partial charge on any atom is 0.00673 e. The van der Waals surface area contributed by atoms with E-state index in [1.54, 1.807) is 0 Å². The fourth-order valence-corrected chi connectivity index (χ4v) is 3.41. The fraction of sp³-hybridized carbons (Fsp3) is 0.684. The average Bonchev–Trinajstić information content (AvgIpc) is 2.77. The third-order valence-electron chi connectivity index (χ3n) is 5.04. The van der Waals surface area contributed by atoms with Crippen LogP contribution in [-0.2, 0) is 0 Å². The van der Waals surface area contributed by atoms with E-state index in [-0.39, 0.29) is 0 Å². The van der Waals surface area contributed by atoms with E-state index in [2.05, 4.69) is 49.5 Å². The molecule has 1 saturated carbocycles. The van der Waals surface area contributed by atoms with Crippen molar-refractivity contribution in [2.75, 3.05) is 6.54 Å². The molecule has 2 unspecified atom stereocenters. The molecule has 1 heteroatoms. The minimum Gasteiger partial charge on any atom is -0.313 e. The lowest BCUT2D eigenvalue weighted by Gasteiger charge is -2.27. The minimum absolute atomic E-state index is 0.657. The zero-order valence-electron chi connectivity index (χ0n) is 13.3. The molecule has 0 aromatic heterocycles. The lowest BCUT2D eigenvalue weighted by atomic mass is 9.85. The standard InChI is InChI=1S/C19H31N/c1-3-16(2)19(17-11-7-6-8-12-17)15-20-18-13-9-4-5-10-14-18/h6-8,11-12,16,18-20H,3-5,9-10,13-15H2,1-2H3. The van der Waals surface area contributed by atoms with E-state index in [9.17, 15) is 0 Å². The second kappa shape index (κ2) is 8.46. The van der Waals surface area contributed by atoms with Gasteiger partial charge in [-0.15, -0.1) is 0 Å². The van der Waals surface area contributed by atoms with E-state index in [1.807, 2.05) is 0 Å². The number of hydrogen-bond acceptors (Lipinski definition) is 1. The van der Waals surface area contributed by atoms with Crippen molar-refractivity contribution < 1.29 is 0 Å². The predicted molar refractivity (Wildman–Crippen MR) is 88.1 cm³/mol. The van der Waals surface area contributed by atoms with Gasteiger partial charge in [-0.2, -0.15) is 0 Å². The molecule has 1 aliphatic rings. The fourth-order valence-electron chi connectivity index (χ4n) is 3.41. The van der Waals surface area contributed by atoms with Crippen LogP contribution in [-0.4, -0.2) is 12.6 Å². The highest BCUT2D eigenvalue weighted by atomic mass is 14.9. The Bertz CT molecular complexity index is 351. The summed E-state index contributed by atoms with van der Waals surface area (Å²) in [5, 5.41) is 3.88. The first kappa shape index (κ1) is 15.6. The molecule has 0 amide bonds. The second-order valence-electron chi connectivity index (χ2n) is 6.50. The zero-order chi connectivity index (χ0) is 14.2. The Balaban J connectivity index is 1.94. The summed E-state index contributed by atoms with van der Waals surface area (Å²) in [6.07, 6.45) is 9.71. The molecule has 1 aromatic rings. The Hall–Kier alpha value is -0.820. The largest absolute Gasteiger partial charge is 0.313 e. The van der Waals surface area contributed by atoms with Gasteiger partial charge >= 0.3 is 0 Å². The van der Waals surface area contributed by atoms with Crippen molar-refractivity contribution >= 4 is 0 Å². The van der Waals surface area contributed by atoms with Gasteiger partial charge in [-0.25, -0.2) is 0 Å². The summed E-state index contributed by atoms with van der Waals surface area (Å²) in [5.74, 6) is 1.40. The van der Waals surface area contributed by atoms with Crippen LogP contribution in [0, 0.1) is 5.92 Å². The molecule has 1 N–H and O–H groups in total. The Morgan fingerprint density at radius 1 is 1.05 bits per heavy atom. The average molecular weight is 273 g/mol. The van der Waals surface area contributed by atoms with Crippen LogP contribution in [0.2, 0.25) is 0 Å². The summed E-state index contributed by atoms with van der Waals surface area (Å²) in [6, 6.07) is 11.8. The molecule has 1 nitrogen and oxygen atoms in total. The third kappa shape index (κ3) is 4.63. The monoisotopic (exact) mass is 273 g/mol. The number of benzene rings is 1. The lowest BCUT2D eigenvalue weighted by molar-refractivity contribution is 0.377. The van der Waals surface area contributed by atoms with Gasteiger partial charge in [0, 0.05) is 12.6 Å². The van der Waals surface area contributed by atoms with Crippen LogP contribution in [0.4, 0.5) is 0 Å². The van der Waals surface area contributed by atoms with Crippen LogP contribution in [0.15, 0.2) is 30.3 Å². The highest BCUT2D eigenvalue weighted by Crippen LogP contribution is 2.27. The molecule has 0 saturated heterocycles. The number of hydrogen-bond donors (Lipinski definition) is 1. The summed E-state index contributed by atoms with van der Waals surface area (Å²) < 4.78 is 0. The summed E-state index contributed by atoms with van der Waals surface area (Å²) in [4.78, 5) is 0. The topological polar surface area (TPSA) is 12.0 Å². The molecule has 112 valence electrons. The molecule has 1 aliphatic carbocycles. The molecule has 0 bridgehead atoms. The van der Waals surface area contributed by atoms with Crippen LogP contribution >= 0.6 is 0 Å². The van der Waals surface area contributed by atoms with Crippen LogP contribution in [0.25, 0.3) is 0 Å². The van der Waals surface area contributed by atoms with Crippen LogP contribution in [0.1, 0.15) is 70.3 Å². The summed E-state index contributed by atoms with van der Waals surface area (Å²) in [5.41, 5.74) is 1.50. The first-order valence-electron chi connectivity index (χ1n) is 8.59. The molecule has 2 atom stereocenters. The summed E-state index contributed by atoms with van der Waals surface area (Å²) in [7, 11) is 0. The quantitative estimate of drug-likeness (QED) is 0.709. The summed E-state index contributed by atoms with van der Waals surface area (Å²) in [6.45, 7) is 5.85. The SMILES string of the molecule is CCC(C)C(CNC1CCCCCC1)c1ccccc1. The van der Waals surface area contributed by atoms with Crippen molar-refractivity contribution in [3.8, 4) is 0 Å². The molecule has 0 heterocycles. The van der Waals surface area contributed by atoms with Gasteiger partial charge < -0.3 is 5.32 Å². The van der Waals surface area contributed by atoms with Crippen molar-refractivity contribution in [3.63, 3.8) is 0 Å². The Morgan fingerprint density at radius 2 is 1.70 bits per heavy atom. The first-order chi connectivity index (χ1) is 9.81. The Kier molecular flexibility index (Phi) is 6.59. The lowest BCUT2D eigenvalue weighted by Crippen LogP contribution is -2.34. The Morgan fingerprint density at radius 3 is 2.30 bits per heavy atom. The van der Waals surface area contributed by atoms with Gasteiger partial charge in [0.25, 0.3) is 0 Å². The second-order valence-corrected chi connectivity index (χ2v) is 6.50. The van der Waals surface area contributed by atoms with Crippen molar-refractivity contribution in [2.45, 2.75) is 70.8 Å². The maximum atomic E-state index is 3.88. The van der Waals surface area contributed by atoms with Gasteiger partial charge in [-0.1, -0.05) is 76.3 Å². The molecule has 1 aromatic carbocycles. The van der Waals surface area contributed by atoms with E-state index in [1.165, 1.54) is 50.5 Å². The van der Waals surface area contributed by atoms with Gasteiger partial charge in [0.2, 0.25) is 0 Å². The molecule has 0 spiro atoms. The normalized spacial score (nSPS) is 20.3. The Labute approximate surface area is 125 Å². The van der Waals surface area contributed by atoms with Gasteiger partial charge in [-0.05, 0) is 30.2 Å². The van der Waals surface area contributed by atoms with E-state index in [0.717, 1.165) is 18.5 Å². The molecule has 0 aliphatic heterocycles. The zero-order valence-corrected chi connectivity index (χ0v) is 13.3. The van der Waals surface area contributed by atoms with Crippen LogP contribution in [0.5, 0.6) is 0 Å². The van der Waals surface area contributed by atoms with Crippen molar-refractivity contribution in [1.29, 1.82) is 0 Å². The van der Waals surface area contributed by atoms with Crippen molar-refractivity contribution in [2.24, 2.45) is 5.92 Å². The molecule has 1 fully saturated rings. The maximum absolute atomic E-state index is 3.88. The molecule has 20 heavy (non-hydrogen) atoms. The van der Waals surface area contributed by atoms with Gasteiger partial charge in [-0.3, -0.25) is 0 Å². The van der Waals surface area contributed by atoms with Crippen LogP contribution in [0.3, 0.4) is 0 Å². The van der Waals surface area contributed by atoms with Gasteiger partial charge in [0.1, 0.15) is 0 Å². The number of nitrogens with one attached hydrogen (secondary N) is 1. The van der Waals surface area contributed by atoms with E-state index in [4.69, 9.17) is 0 Å². The molecule has 0 radical (unpaired) electrons. The van der Waals surface area contributed by atoms with E-state index in [0.29, 0.717) is 5.92 Å². The number of rotatable bonds is 6. The first-order valence-corrected chi connectivity index (χ1v) is 8.59. The smallest absolute Gasteiger partial charge is 0.00673 e.